The number of rotatable bonds is 9. The third-order valence-electron chi connectivity index (χ3n) is 4.06. The summed E-state index contributed by atoms with van der Waals surface area (Å²) < 4.78 is 12.9. The Labute approximate surface area is 173 Å². The Kier molecular flexibility index (Phi) is 8.70. The fraction of sp³-hybridized carbons (Fsp3) is 0.300. The highest BCUT2D eigenvalue weighted by molar-refractivity contribution is 6.39. The molecule has 28 heavy (non-hydrogen) atoms. The molecule has 0 aliphatic rings. The number of amides is 2. The van der Waals surface area contributed by atoms with Crippen LogP contribution >= 0.6 is 23.2 Å². The lowest BCUT2D eigenvalue weighted by atomic mass is 10.1. The standard InChI is InChI=1S/C20H22Cl2FN3O2/c1-2-26(13-19(28)25-20-16(21)4-3-5-17(20)22)12-18(27)24-11-10-14-6-8-15(23)9-7-14/h3-9H,2,10-13H2,1H3,(H,24,27)(H,25,28). The van der Waals surface area contributed by atoms with Gasteiger partial charge >= 0.3 is 0 Å². The predicted molar refractivity (Wildman–Crippen MR) is 110 cm³/mol. The average molecular weight is 426 g/mol. The second-order valence-corrected chi connectivity index (χ2v) is 6.99. The number of carbonyl (C=O) groups is 2. The Bertz CT molecular complexity index is 795. The number of hydrogen-bond acceptors (Lipinski definition) is 3. The first-order chi connectivity index (χ1) is 13.4. The highest BCUT2D eigenvalue weighted by Crippen LogP contribution is 2.29. The predicted octanol–water partition coefficient (Wildman–Crippen LogP) is 3.75. The van der Waals surface area contributed by atoms with Crippen molar-refractivity contribution >= 4 is 40.7 Å². The molecule has 5 nitrogen and oxygen atoms in total. The van der Waals surface area contributed by atoms with Gasteiger partial charge in [-0.2, -0.15) is 0 Å². The molecule has 2 amide bonds. The zero-order valence-corrected chi connectivity index (χ0v) is 17.0. The highest BCUT2D eigenvalue weighted by atomic mass is 35.5. The van der Waals surface area contributed by atoms with Crippen LogP contribution in [0.25, 0.3) is 0 Å². The van der Waals surface area contributed by atoms with Crippen LogP contribution in [-0.2, 0) is 16.0 Å². The van der Waals surface area contributed by atoms with Gasteiger partial charge in [0.15, 0.2) is 0 Å². The van der Waals surface area contributed by atoms with Crippen LogP contribution in [0.5, 0.6) is 0 Å². The number of anilines is 1. The van der Waals surface area contributed by atoms with Crippen molar-refractivity contribution in [2.24, 2.45) is 0 Å². The Morgan fingerprint density at radius 3 is 2.21 bits per heavy atom. The SMILES string of the molecule is CCN(CC(=O)NCCc1ccc(F)cc1)CC(=O)Nc1c(Cl)cccc1Cl. The Balaban J connectivity index is 1.78. The van der Waals surface area contributed by atoms with Gasteiger partial charge in [-0.05, 0) is 42.8 Å². The molecule has 0 saturated heterocycles. The summed E-state index contributed by atoms with van der Waals surface area (Å²) in [5.41, 5.74) is 1.29. The van der Waals surface area contributed by atoms with E-state index in [9.17, 15) is 14.0 Å². The first-order valence-corrected chi connectivity index (χ1v) is 9.62. The van der Waals surface area contributed by atoms with Gasteiger partial charge < -0.3 is 10.6 Å². The van der Waals surface area contributed by atoms with E-state index in [0.29, 0.717) is 35.2 Å². The summed E-state index contributed by atoms with van der Waals surface area (Å²) in [4.78, 5) is 26.1. The first-order valence-electron chi connectivity index (χ1n) is 8.86. The van der Waals surface area contributed by atoms with Crippen molar-refractivity contribution in [1.82, 2.24) is 10.2 Å². The normalized spacial score (nSPS) is 10.8. The molecule has 0 spiro atoms. The van der Waals surface area contributed by atoms with E-state index in [1.807, 2.05) is 6.92 Å². The van der Waals surface area contributed by atoms with Gasteiger partial charge in [-0.3, -0.25) is 14.5 Å². The number of nitrogens with zero attached hydrogens (tertiary/aromatic N) is 1. The zero-order chi connectivity index (χ0) is 20.5. The lowest BCUT2D eigenvalue weighted by Gasteiger charge is -2.20. The van der Waals surface area contributed by atoms with Gasteiger partial charge in [-0.1, -0.05) is 48.3 Å². The van der Waals surface area contributed by atoms with Gasteiger partial charge in [0, 0.05) is 6.54 Å². The van der Waals surface area contributed by atoms with Crippen LogP contribution in [0.2, 0.25) is 10.0 Å². The minimum absolute atomic E-state index is 0.0312. The molecule has 2 rings (SSSR count). The van der Waals surface area contributed by atoms with E-state index in [1.165, 1.54) is 12.1 Å². The van der Waals surface area contributed by atoms with E-state index in [1.54, 1.807) is 35.2 Å². The summed E-state index contributed by atoms with van der Waals surface area (Å²) in [6.45, 7) is 2.94. The highest BCUT2D eigenvalue weighted by Gasteiger charge is 2.15. The summed E-state index contributed by atoms with van der Waals surface area (Å²) in [5, 5.41) is 6.18. The molecule has 0 aliphatic heterocycles. The maximum atomic E-state index is 12.9. The van der Waals surface area contributed by atoms with E-state index in [2.05, 4.69) is 10.6 Å². The van der Waals surface area contributed by atoms with Crippen molar-refractivity contribution < 1.29 is 14.0 Å². The van der Waals surface area contributed by atoms with Gasteiger partial charge in [0.05, 0.1) is 28.8 Å². The first kappa shape index (κ1) is 22.1. The number of halogens is 3. The number of carbonyl (C=O) groups excluding carboxylic acids is 2. The maximum absolute atomic E-state index is 12.9. The molecule has 0 atom stereocenters. The second-order valence-electron chi connectivity index (χ2n) is 6.17. The molecule has 0 aliphatic carbocycles. The lowest BCUT2D eigenvalue weighted by molar-refractivity contribution is -0.123. The van der Waals surface area contributed by atoms with Crippen LogP contribution in [0.15, 0.2) is 42.5 Å². The topological polar surface area (TPSA) is 61.4 Å². The van der Waals surface area contributed by atoms with Crippen molar-refractivity contribution in [2.45, 2.75) is 13.3 Å². The number of likely N-dealkylation sites (N-methyl/N-ethyl adjacent to an activating group) is 1. The third-order valence-corrected chi connectivity index (χ3v) is 4.69. The monoisotopic (exact) mass is 425 g/mol. The number of para-hydroxylation sites is 1. The molecule has 2 N–H and O–H groups in total. The minimum atomic E-state index is -0.309. The zero-order valence-electron chi connectivity index (χ0n) is 15.5. The van der Waals surface area contributed by atoms with Crippen LogP contribution in [0.3, 0.4) is 0 Å². The maximum Gasteiger partial charge on any atom is 0.238 e. The molecular weight excluding hydrogens is 404 g/mol. The Morgan fingerprint density at radius 1 is 1.00 bits per heavy atom. The van der Waals surface area contributed by atoms with E-state index < -0.39 is 0 Å². The van der Waals surface area contributed by atoms with Crippen LogP contribution in [0.4, 0.5) is 10.1 Å². The van der Waals surface area contributed by atoms with Gasteiger partial charge in [0.1, 0.15) is 5.82 Å². The molecule has 0 aromatic heterocycles. The summed E-state index contributed by atoms with van der Waals surface area (Å²) in [5.74, 6) is -0.786. The molecule has 0 radical (unpaired) electrons. The molecule has 0 heterocycles. The van der Waals surface area contributed by atoms with Crippen molar-refractivity contribution in [2.75, 3.05) is 31.5 Å². The van der Waals surface area contributed by atoms with Gasteiger partial charge in [-0.15, -0.1) is 0 Å². The number of nitrogens with one attached hydrogen (secondary N) is 2. The molecule has 8 heteroatoms. The number of hydrogen-bond donors (Lipinski definition) is 2. The molecule has 0 fully saturated rings. The van der Waals surface area contributed by atoms with E-state index >= 15 is 0 Å². The van der Waals surface area contributed by atoms with E-state index in [0.717, 1.165) is 5.56 Å². The summed E-state index contributed by atoms with van der Waals surface area (Å²) in [7, 11) is 0. The van der Waals surface area contributed by atoms with Crippen molar-refractivity contribution in [3.8, 4) is 0 Å². The number of benzene rings is 2. The van der Waals surface area contributed by atoms with Crippen molar-refractivity contribution in [1.29, 1.82) is 0 Å². The van der Waals surface area contributed by atoms with Gasteiger partial charge in [-0.25, -0.2) is 4.39 Å². The Hall–Kier alpha value is -2.15. The largest absolute Gasteiger partial charge is 0.355 e. The van der Waals surface area contributed by atoms with Crippen LogP contribution in [-0.4, -0.2) is 42.9 Å². The summed E-state index contributed by atoms with van der Waals surface area (Å²) in [6, 6.07) is 11.1. The fourth-order valence-corrected chi connectivity index (χ4v) is 3.03. The average Bonchev–Trinajstić information content (AvgIpc) is 2.66. The van der Waals surface area contributed by atoms with E-state index in [4.69, 9.17) is 23.2 Å². The molecule has 2 aromatic rings. The second kappa shape index (κ2) is 11.0. The van der Waals surface area contributed by atoms with Crippen molar-refractivity contribution in [3.05, 3.63) is 63.9 Å². The molecular formula is C20H22Cl2FN3O2. The quantitative estimate of drug-likeness (QED) is 0.642. The minimum Gasteiger partial charge on any atom is -0.355 e. The fourth-order valence-electron chi connectivity index (χ4n) is 2.54. The van der Waals surface area contributed by atoms with Gasteiger partial charge in [0.25, 0.3) is 0 Å². The molecule has 0 bridgehead atoms. The van der Waals surface area contributed by atoms with Crippen LogP contribution < -0.4 is 10.6 Å². The smallest absolute Gasteiger partial charge is 0.238 e. The van der Waals surface area contributed by atoms with E-state index in [-0.39, 0.29) is 30.7 Å². The van der Waals surface area contributed by atoms with Crippen LogP contribution in [0, 0.1) is 5.82 Å². The Morgan fingerprint density at radius 2 is 1.61 bits per heavy atom. The molecule has 150 valence electrons. The van der Waals surface area contributed by atoms with Gasteiger partial charge in [0.2, 0.25) is 11.8 Å². The van der Waals surface area contributed by atoms with Crippen molar-refractivity contribution in [3.63, 3.8) is 0 Å². The summed E-state index contributed by atoms with van der Waals surface area (Å²) >= 11 is 12.1. The van der Waals surface area contributed by atoms with Crippen LogP contribution in [0.1, 0.15) is 12.5 Å². The molecule has 0 saturated carbocycles. The molecule has 0 unspecified atom stereocenters. The lowest BCUT2D eigenvalue weighted by Crippen LogP contribution is -2.41. The summed E-state index contributed by atoms with van der Waals surface area (Å²) in [6.07, 6.45) is 0.601. The third kappa shape index (κ3) is 7.11. The molecule has 2 aromatic carbocycles.